The molecule has 5 heteroatoms. The molecule has 0 saturated carbocycles. The third-order valence-corrected chi connectivity index (χ3v) is 1.60. The second kappa shape index (κ2) is 5.68. The first-order valence-corrected chi connectivity index (χ1v) is 3.75. The number of hydrogen-bond acceptors (Lipinski definition) is 4. The molecule has 0 saturated heterocycles. The monoisotopic (exact) mass is 174 g/mol. The van der Waals surface area contributed by atoms with Crippen molar-refractivity contribution in [1.82, 2.24) is 0 Å². The Labute approximate surface area is 70.7 Å². The minimum atomic E-state index is -1.08. The fourth-order valence-electron chi connectivity index (χ4n) is 0.883. The highest BCUT2D eigenvalue weighted by Crippen LogP contribution is 2.06. The molecule has 0 aliphatic heterocycles. The van der Waals surface area contributed by atoms with Gasteiger partial charge in [-0.2, -0.15) is 0 Å². The Morgan fingerprint density at radius 2 is 2.17 bits per heavy atom. The molecule has 1 unspecified atom stereocenters. The van der Waals surface area contributed by atoms with Crippen LogP contribution >= 0.6 is 0 Å². The molecule has 2 atom stereocenters. The molecule has 0 bridgehead atoms. The lowest BCUT2D eigenvalue weighted by atomic mass is 9.99. The van der Waals surface area contributed by atoms with E-state index >= 15 is 0 Å². The number of aliphatic carboxylic acids is 1. The van der Waals surface area contributed by atoms with E-state index in [0.29, 0.717) is 19.3 Å². The molecular weight excluding hydrogens is 160 g/mol. The van der Waals surface area contributed by atoms with Gasteiger partial charge in [0.1, 0.15) is 12.3 Å². The van der Waals surface area contributed by atoms with E-state index in [9.17, 15) is 9.59 Å². The Bertz CT molecular complexity index is 161. The molecule has 5 N–H and O–H groups in total. The molecule has 0 aliphatic rings. The van der Waals surface area contributed by atoms with Crippen molar-refractivity contribution >= 4 is 12.3 Å². The van der Waals surface area contributed by atoms with Gasteiger partial charge in [0.15, 0.2) is 0 Å². The number of nitrogens with two attached hydrogens (primary N) is 2. The Kier molecular flexibility index (Phi) is 5.23. The smallest absolute Gasteiger partial charge is 0.320 e. The van der Waals surface area contributed by atoms with Crippen LogP contribution in [-0.2, 0) is 9.59 Å². The van der Waals surface area contributed by atoms with Crippen LogP contribution in [0, 0.1) is 5.92 Å². The van der Waals surface area contributed by atoms with Gasteiger partial charge in [-0.1, -0.05) is 0 Å². The zero-order valence-electron chi connectivity index (χ0n) is 6.77. The van der Waals surface area contributed by atoms with E-state index in [-0.39, 0.29) is 12.3 Å². The standard InChI is InChI=1S/C7H14N2O3/c8-2-1-5(4-10)3-6(9)7(11)12/h4-6H,1-3,8-9H2,(H,11,12)/t5?,6-/m0/s1. The third kappa shape index (κ3) is 4.05. The van der Waals surface area contributed by atoms with Crippen LogP contribution < -0.4 is 11.5 Å². The van der Waals surface area contributed by atoms with Crippen molar-refractivity contribution in [2.75, 3.05) is 6.54 Å². The Balaban J connectivity index is 3.84. The highest BCUT2D eigenvalue weighted by Gasteiger charge is 2.17. The van der Waals surface area contributed by atoms with E-state index in [1.165, 1.54) is 0 Å². The lowest BCUT2D eigenvalue weighted by Gasteiger charge is -2.11. The number of hydrogen-bond donors (Lipinski definition) is 3. The van der Waals surface area contributed by atoms with E-state index in [4.69, 9.17) is 16.6 Å². The average Bonchev–Trinajstić information content (AvgIpc) is 2.03. The van der Waals surface area contributed by atoms with E-state index in [1.54, 1.807) is 0 Å². The molecule has 0 amide bonds. The van der Waals surface area contributed by atoms with Gasteiger partial charge < -0.3 is 21.4 Å². The quantitative estimate of drug-likeness (QED) is 0.445. The molecule has 0 aromatic carbocycles. The predicted octanol–water partition coefficient (Wildman–Crippen LogP) is -1.05. The van der Waals surface area contributed by atoms with E-state index < -0.39 is 12.0 Å². The first kappa shape index (κ1) is 11.1. The summed E-state index contributed by atoms with van der Waals surface area (Å²) < 4.78 is 0. The third-order valence-electron chi connectivity index (χ3n) is 1.60. The first-order chi connectivity index (χ1) is 5.61. The first-order valence-electron chi connectivity index (χ1n) is 3.75. The second-order valence-electron chi connectivity index (χ2n) is 2.65. The van der Waals surface area contributed by atoms with Crippen LogP contribution in [0.4, 0.5) is 0 Å². The lowest BCUT2D eigenvalue weighted by molar-refractivity contribution is -0.139. The van der Waals surface area contributed by atoms with Gasteiger partial charge in [0, 0.05) is 5.92 Å². The van der Waals surface area contributed by atoms with Gasteiger partial charge in [0.25, 0.3) is 0 Å². The fourth-order valence-corrected chi connectivity index (χ4v) is 0.883. The van der Waals surface area contributed by atoms with Crippen LogP contribution in [-0.4, -0.2) is 29.9 Å². The summed E-state index contributed by atoms with van der Waals surface area (Å²) in [4.78, 5) is 20.6. The topological polar surface area (TPSA) is 106 Å². The minimum absolute atomic E-state index is 0.163. The van der Waals surface area contributed by atoms with Crippen LogP contribution in [0.15, 0.2) is 0 Å². The van der Waals surface area contributed by atoms with Crippen molar-refractivity contribution in [3.05, 3.63) is 0 Å². The molecule has 0 spiro atoms. The molecule has 70 valence electrons. The number of carboxylic acids is 1. The van der Waals surface area contributed by atoms with Crippen molar-refractivity contribution in [3.63, 3.8) is 0 Å². The molecule has 0 fully saturated rings. The maximum Gasteiger partial charge on any atom is 0.320 e. The summed E-state index contributed by atoms with van der Waals surface area (Å²) in [6, 6.07) is -0.966. The van der Waals surface area contributed by atoms with Gasteiger partial charge in [0.05, 0.1) is 0 Å². The predicted molar refractivity (Wildman–Crippen MR) is 43.5 cm³/mol. The molecule has 0 radical (unpaired) electrons. The summed E-state index contributed by atoms with van der Waals surface area (Å²) in [7, 11) is 0. The summed E-state index contributed by atoms with van der Waals surface area (Å²) in [5, 5.41) is 8.42. The number of rotatable bonds is 6. The van der Waals surface area contributed by atoms with Gasteiger partial charge >= 0.3 is 5.97 Å². The summed E-state index contributed by atoms with van der Waals surface area (Å²) in [5.41, 5.74) is 10.4. The molecule has 0 aromatic rings. The Hall–Kier alpha value is -0.940. The number of carbonyl (C=O) groups is 2. The van der Waals surface area contributed by atoms with Gasteiger partial charge in [-0.15, -0.1) is 0 Å². The highest BCUT2D eigenvalue weighted by atomic mass is 16.4. The van der Waals surface area contributed by atoms with E-state index in [0.717, 1.165) is 0 Å². The van der Waals surface area contributed by atoms with Crippen LogP contribution in [0.25, 0.3) is 0 Å². The van der Waals surface area contributed by atoms with Crippen LogP contribution in [0.2, 0.25) is 0 Å². The lowest BCUT2D eigenvalue weighted by Crippen LogP contribution is -2.33. The maximum atomic E-state index is 10.3. The molecule has 0 aliphatic carbocycles. The number of carboxylic acid groups (broad SMARTS) is 1. The second-order valence-corrected chi connectivity index (χ2v) is 2.65. The number of carbonyl (C=O) groups excluding carboxylic acids is 1. The van der Waals surface area contributed by atoms with Crippen molar-refractivity contribution in [2.45, 2.75) is 18.9 Å². The SMILES string of the molecule is NCCC(C=O)C[C@H](N)C(=O)O. The Morgan fingerprint density at radius 3 is 2.50 bits per heavy atom. The summed E-state index contributed by atoms with van der Waals surface area (Å²) >= 11 is 0. The molecule has 5 nitrogen and oxygen atoms in total. The molecule has 0 aromatic heterocycles. The zero-order valence-corrected chi connectivity index (χ0v) is 6.77. The molecular formula is C7H14N2O3. The highest BCUT2D eigenvalue weighted by molar-refractivity contribution is 5.73. The normalized spacial score (nSPS) is 15.2. The van der Waals surface area contributed by atoms with Gasteiger partial charge in [-0.3, -0.25) is 4.79 Å². The van der Waals surface area contributed by atoms with Crippen molar-refractivity contribution in [1.29, 1.82) is 0 Å². The van der Waals surface area contributed by atoms with Crippen molar-refractivity contribution < 1.29 is 14.7 Å². The van der Waals surface area contributed by atoms with Gasteiger partial charge in [0.2, 0.25) is 0 Å². The Morgan fingerprint density at radius 1 is 1.58 bits per heavy atom. The van der Waals surface area contributed by atoms with E-state index in [2.05, 4.69) is 0 Å². The van der Waals surface area contributed by atoms with E-state index in [1.807, 2.05) is 0 Å². The molecule has 0 heterocycles. The largest absolute Gasteiger partial charge is 0.480 e. The summed E-state index contributed by atoms with van der Waals surface area (Å²) in [6.45, 7) is 0.371. The van der Waals surface area contributed by atoms with Crippen LogP contribution in [0.3, 0.4) is 0 Å². The molecule has 0 rings (SSSR count). The fraction of sp³-hybridized carbons (Fsp3) is 0.714. The number of aldehydes is 1. The van der Waals surface area contributed by atoms with Crippen molar-refractivity contribution in [3.8, 4) is 0 Å². The minimum Gasteiger partial charge on any atom is -0.480 e. The average molecular weight is 174 g/mol. The van der Waals surface area contributed by atoms with Gasteiger partial charge in [-0.05, 0) is 19.4 Å². The maximum absolute atomic E-state index is 10.3. The van der Waals surface area contributed by atoms with Crippen molar-refractivity contribution in [2.24, 2.45) is 17.4 Å². The van der Waals surface area contributed by atoms with Gasteiger partial charge in [-0.25, -0.2) is 0 Å². The van der Waals surface area contributed by atoms with Crippen LogP contribution in [0.5, 0.6) is 0 Å². The zero-order chi connectivity index (χ0) is 9.56. The summed E-state index contributed by atoms with van der Waals surface area (Å²) in [5.74, 6) is -1.42. The molecule has 12 heavy (non-hydrogen) atoms. The summed E-state index contributed by atoms with van der Waals surface area (Å²) in [6.07, 6.45) is 1.36. The van der Waals surface area contributed by atoms with Crippen LogP contribution in [0.1, 0.15) is 12.8 Å².